The maximum Gasteiger partial charge on any atom is 0.306 e. The number of carbonyl (C=O) groups excluding carboxylic acids is 2. The molecule has 18 heteroatoms. The molecule has 0 unspecified atom stereocenters. The fourth-order valence-electron chi connectivity index (χ4n) is 4.45. The first-order valence-electron chi connectivity index (χ1n) is 19.6. The SMILES string of the molecule is CC(C)(C)OC(=O)CC[C@H](N)C(=O)N1CCOCCOCCOCCOCCOCCOCCOCCOCCOCCOCCOCCOCCOCC1. The summed E-state index contributed by atoms with van der Waals surface area (Å²) in [5, 5.41) is 0. The van der Waals surface area contributed by atoms with Crippen LogP contribution in [0.15, 0.2) is 0 Å². The van der Waals surface area contributed by atoms with E-state index in [1.807, 2.05) is 0 Å². The van der Waals surface area contributed by atoms with Crippen LogP contribution in [0.3, 0.4) is 0 Å². The van der Waals surface area contributed by atoms with E-state index in [9.17, 15) is 9.59 Å². The molecule has 1 fully saturated rings. The van der Waals surface area contributed by atoms with Crippen molar-refractivity contribution in [2.45, 2.75) is 45.3 Å². The molecule has 0 radical (unpaired) electrons. The number of esters is 1. The fourth-order valence-corrected chi connectivity index (χ4v) is 4.45. The van der Waals surface area contributed by atoms with Crippen LogP contribution in [-0.4, -0.2) is 213 Å². The summed E-state index contributed by atoms with van der Waals surface area (Å²) in [6, 6.07) is -0.865. The van der Waals surface area contributed by atoms with E-state index >= 15 is 0 Å². The highest BCUT2D eigenvalue weighted by Gasteiger charge is 2.23. The van der Waals surface area contributed by atoms with Gasteiger partial charge < -0.3 is 76.9 Å². The van der Waals surface area contributed by atoms with E-state index in [1.165, 1.54) is 0 Å². The summed E-state index contributed by atoms with van der Waals surface area (Å²) < 4.78 is 77.4. The molecule has 1 aliphatic heterocycles. The van der Waals surface area contributed by atoms with E-state index in [0.29, 0.717) is 172 Å². The number of hydrogen-bond acceptors (Lipinski definition) is 17. The number of amides is 1. The van der Waals surface area contributed by atoms with E-state index in [1.54, 1.807) is 25.7 Å². The predicted molar refractivity (Wildman–Crippen MR) is 200 cm³/mol. The van der Waals surface area contributed by atoms with Gasteiger partial charge in [0.25, 0.3) is 0 Å². The molecule has 1 aliphatic rings. The molecule has 0 bridgehead atoms. The van der Waals surface area contributed by atoms with Crippen LogP contribution in [0, 0.1) is 0 Å². The molecule has 1 atom stereocenters. The van der Waals surface area contributed by atoms with Gasteiger partial charge in [-0.25, -0.2) is 0 Å². The third-order valence-corrected chi connectivity index (χ3v) is 7.18. The standard InChI is InChI=1S/C37H72N2O16/c1-37(2,3)55-35(40)5-4-34(38)36(41)39-6-8-42-10-12-44-14-16-46-18-20-48-22-24-50-26-28-52-30-32-54-33-31-53-29-27-51-25-23-49-21-19-47-17-15-45-13-11-43-9-7-39/h34H,4-33,38H2,1-3H3/t34-/m0/s1. The molecule has 0 aromatic carbocycles. The van der Waals surface area contributed by atoms with Gasteiger partial charge in [0, 0.05) is 19.5 Å². The Morgan fingerprint density at radius 2 is 0.673 bits per heavy atom. The Hall–Kier alpha value is -1.62. The quantitative estimate of drug-likeness (QED) is 0.386. The summed E-state index contributed by atoms with van der Waals surface area (Å²) in [7, 11) is 0. The monoisotopic (exact) mass is 800 g/mol. The van der Waals surface area contributed by atoms with Gasteiger partial charge in [-0.3, -0.25) is 9.59 Å². The van der Waals surface area contributed by atoms with Gasteiger partial charge in [0.1, 0.15) is 5.60 Å². The van der Waals surface area contributed by atoms with Crippen molar-refractivity contribution < 1.29 is 75.9 Å². The number of carbonyl (C=O) groups is 2. The second-order valence-electron chi connectivity index (χ2n) is 13.0. The fraction of sp³-hybridized carbons (Fsp3) is 0.946. The Balaban J connectivity index is 2.39. The van der Waals surface area contributed by atoms with Gasteiger partial charge in [-0.2, -0.15) is 0 Å². The van der Waals surface area contributed by atoms with Crippen LogP contribution in [-0.2, 0) is 75.9 Å². The third kappa shape index (κ3) is 36.5. The van der Waals surface area contributed by atoms with Crippen molar-refractivity contribution in [1.29, 1.82) is 0 Å². The summed E-state index contributed by atoms with van der Waals surface area (Å²) in [5.41, 5.74) is 5.58. The summed E-state index contributed by atoms with van der Waals surface area (Å²) >= 11 is 0. The maximum atomic E-state index is 13.2. The predicted octanol–water partition coefficient (Wildman–Crippen LogP) is 0.494. The normalized spacial score (nSPS) is 21.9. The minimum Gasteiger partial charge on any atom is -0.460 e. The number of nitrogens with two attached hydrogens (primary N) is 1. The molecule has 18 nitrogen and oxygen atoms in total. The number of ether oxygens (including phenoxy) is 14. The lowest BCUT2D eigenvalue weighted by Crippen LogP contribution is -2.46. The Bertz CT molecular complexity index is 828. The molecule has 55 heavy (non-hydrogen) atoms. The van der Waals surface area contributed by atoms with Crippen molar-refractivity contribution in [3.8, 4) is 0 Å². The Labute approximate surface area is 328 Å². The van der Waals surface area contributed by atoms with Crippen LogP contribution in [0.25, 0.3) is 0 Å². The molecule has 1 rings (SSSR count). The molecule has 1 amide bonds. The third-order valence-electron chi connectivity index (χ3n) is 7.18. The van der Waals surface area contributed by atoms with Crippen molar-refractivity contribution in [1.82, 2.24) is 4.90 Å². The maximum absolute atomic E-state index is 13.2. The zero-order valence-electron chi connectivity index (χ0n) is 33.8. The largest absolute Gasteiger partial charge is 0.460 e. The summed E-state index contributed by atoms with van der Waals surface area (Å²) in [5.74, 6) is -0.688. The molecular weight excluding hydrogens is 728 g/mol. The van der Waals surface area contributed by atoms with E-state index in [2.05, 4.69) is 0 Å². The summed E-state index contributed by atoms with van der Waals surface area (Å²) in [6.07, 6.45) is 0.210. The zero-order chi connectivity index (χ0) is 39.9. The summed E-state index contributed by atoms with van der Waals surface area (Å²) in [6.45, 7) is 17.3. The highest BCUT2D eigenvalue weighted by molar-refractivity contribution is 5.82. The lowest BCUT2D eigenvalue weighted by atomic mass is 10.1. The van der Waals surface area contributed by atoms with E-state index in [4.69, 9.17) is 72.0 Å². The smallest absolute Gasteiger partial charge is 0.306 e. The molecule has 1 saturated heterocycles. The number of nitrogens with zero attached hydrogens (tertiary/aromatic N) is 1. The Morgan fingerprint density at radius 1 is 0.455 bits per heavy atom. The topological polar surface area (TPSA) is 193 Å². The van der Waals surface area contributed by atoms with Crippen LogP contribution in [0.5, 0.6) is 0 Å². The van der Waals surface area contributed by atoms with Crippen molar-refractivity contribution in [3.63, 3.8) is 0 Å². The molecule has 0 aliphatic carbocycles. The highest BCUT2D eigenvalue weighted by Crippen LogP contribution is 2.10. The van der Waals surface area contributed by atoms with Crippen LogP contribution in [0.2, 0.25) is 0 Å². The van der Waals surface area contributed by atoms with Crippen molar-refractivity contribution >= 4 is 11.9 Å². The minimum absolute atomic E-state index is 0.0421. The van der Waals surface area contributed by atoms with Crippen LogP contribution >= 0.6 is 0 Å². The number of hydrogen-bond donors (Lipinski definition) is 1. The molecule has 1 heterocycles. The lowest BCUT2D eigenvalue weighted by molar-refractivity contribution is -0.155. The van der Waals surface area contributed by atoms with Gasteiger partial charge in [0.15, 0.2) is 0 Å². The molecule has 0 aromatic heterocycles. The second-order valence-corrected chi connectivity index (χ2v) is 13.0. The first kappa shape index (κ1) is 51.4. The van der Waals surface area contributed by atoms with E-state index < -0.39 is 17.6 Å². The number of rotatable bonds is 4. The van der Waals surface area contributed by atoms with Crippen molar-refractivity contribution in [2.24, 2.45) is 5.73 Å². The first-order valence-corrected chi connectivity index (χ1v) is 19.6. The van der Waals surface area contributed by atoms with E-state index in [-0.39, 0.29) is 32.0 Å². The minimum atomic E-state index is -0.865. The lowest BCUT2D eigenvalue weighted by Gasteiger charge is -2.26. The average Bonchev–Trinajstić information content (AvgIpc) is 3.15. The van der Waals surface area contributed by atoms with Gasteiger partial charge in [-0.15, -0.1) is 0 Å². The molecule has 0 aromatic rings. The van der Waals surface area contributed by atoms with Crippen LogP contribution in [0.1, 0.15) is 33.6 Å². The molecule has 326 valence electrons. The zero-order valence-corrected chi connectivity index (χ0v) is 33.8. The van der Waals surface area contributed by atoms with Crippen molar-refractivity contribution in [3.05, 3.63) is 0 Å². The second kappa shape index (κ2) is 37.9. The Morgan fingerprint density at radius 3 is 0.891 bits per heavy atom. The van der Waals surface area contributed by atoms with Gasteiger partial charge in [-0.05, 0) is 27.2 Å². The van der Waals surface area contributed by atoms with Gasteiger partial charge in [0.2, 0.25) is 5.91 Å². The van der Waals surface area contributed by atoms with Gasteiger partial charge in [0.05, 0.1) is 178 Å². The highest BCUT2D eigenvalue weighted by atomic mass is 16.6. The van der Waals surface area contributed by atoms with Crippen LogP contribution in [0.4, 0.5) is 0 Å². The van der Waals surface area contributed by atoms with Crippen LogP contribution < -0.4 is 5.73 Å². The van der Waals surface area contributed by atoms with Gasteiger partial charge >= 0.3 is 5.97 Å². The summed E-state index contributed by atoms with van der Waals surface area (Å²) in [4.78, 5) is 26.9. The van der Waals surface area contributed by atoms with Crippen molar-refractivity contribution in [2.75, 3.05) is 185 Å². The molecular formula is C37H72N2O16. The molecule has 0 saturated carbocycles. The average molecular weight is 801 g/mol. The first-order chi connectivity index (χ1) is 26.8. The van der Waals surface area contributed by atoms with E-state index in [0.717, 1.165) is 0 Å². The molecule has 0 spiro atoms. The van der Waals surface area contributed by atoms with Gasteiger partial charge in [-0.1, -0.05) is 0 Å². The Kier molecular flexibility index (Phi) is 35.4. The molecule has 2 N–H and O–H groups in total.